The minimum absolute atomic E-state index is 0.0684. The lowest BCUT2D eigenvalue weighted by Gasteiger charge is -2.49. The van der Waals surface area contributed by atoms with Crippen molar-refractivity contribution < 1.29 is 33.5 Å². The Labute approximate surface area is 313 Å². The highest BCUT2D eigenvalue weighted by Gasteiger charge is 2.65. The SMILES string of the molecule is CC/C=C/[C@@H]1CC[C@]2(C[C@H]3CC[C@H]4[C@@H](C(=O)OCCCCCCCCCCCCCCC(O)C(=O)NCCCN)[C@@]5(CCC[C@H](C)O5)NC(=[N+]34)N2)O1. The first-order valence-corrected chi connectivity index (χ1v) is 21.4. The number of esters is 1. The van der Waals surface area contributed by atoms with Crippen LogP contribution < -0.4 is 21.7 Å². The predicted octanol–water partition coefficient (Wildman–Crippen LogP) is 5.67. The molecule has 5 rings (SSSR count). The molecular formula is C41H72N5O6+. The minimum Gasteiger partial charge on any atom is -0.465 e. The Balaban J connectivity index is 0.971. The van der Waals surface area contributed by atoms with Crippen molar-refractivity contribution in [3.63, 3.8) is 0 Å². The van der Waals surface area contributed by atoms with E-state index in [0.29, 0.717) is 32.2 Å². The number of aliphatic hydroxyl groups excluding tert-OH is 1. The highest BCUT2D eigenvalue weighted by Crippen LogP contribution is 2.46. The van der Waals surface area contributed by atoms with Crippen LogP contribution in [0.15, 0.2) is 12.2 Å². The van der Waals surface area contributed by atoms with Crippen molar-refractivity contribution in [1.82, 2.24) is 16.0 Å². The zero-order valence-corrected chi connectivity index (χ0v) is 32.5. The van der Waals surface area contributed by atoms with Crippen LogP contribution in [0.4, 0.5) is 0 Å². The van der Waals surface area contributed by atoms with Gasteiger partial charge in [-0.1, -0.05) is 89.7 Å². The molecule has 0 saturated carbocycles. The first-order valence-electron chi connectivity index (χ1n) is 21.4. The molecule has 3 fully saturated rings. The molecule has 0 aromatic rings. The number of unbranched alkanes of at least 4 members (excludes halogenated alkanes) is 11. The van der Waals surface area contributed by atoms with E-state index in [1.807, 2.05) is 0 Å². The molecule has 0 aromatic carbocycles. The molecule has 5 aliphatic rings. The fourth-order valence-corrected chi connectivity index (χ4v) is 9.46. The van der Waals surface area contributed by atoms with Crippen LogP contribution in [0.2, 0.25) is 0 Å². The fraction of sp³-hybridized carbons (Fsp3) is 0.878. The van der Waals surface area contributed by atoms with E-state index in [-0.39, 0.29) is 41.8 Å². The van der Waals surface area contributed by atoms with Gasteiger partial charge in [-0.25, -0.2) is 10.6 Å². The largest absolute Gasteiger partial charge is 0.465 e. The second kappa shape index (κ2) is 20.5. The van der Waals surface area contributed by atoms with Crippen molar-refractivity contribution in [3.8, 4) is 0 Å². The number of carbonyl (C=O) groups is 2. The second-order valence-electron chi connectivity index (χ2n) is 16.4. The second-order valence-corrected chi connectivity index (χ2v) is 16.4. The highest BCUT2D eigenvalue weighted by atomic mass is 16.6. The summed E-state index contributed by atoms with van der Waals surface area (Å²) in [6.45, 7) is 5.84. The van der Waals surface area contributed by atoms with Crippen LogP contribution in [0.25, 0.3) is 0 Å². The molecule has 0 bridgehead atoms. The van der Waals surface area contributed by atoms with Gasteiger partial charge in [0, 0.05) is 25.8 Å². The topological polar surface area (TPSA) is 147 Å². The number of nitrogens with one attached hydrogen (secondary N) is 3. The monoisotopic (exact) mass is 731 g/mol. The first-order chi connectivity index (χ1) is 25.3. The highest BCUT2D eigenvalue weighted by molar-refractivity contribution is 5.82. The summed E-state index contributed by atoms with van der Waals surface area (Å²) in [5, 5.41) is 20.3. The van der Waals surface area contributed by atoms with Gasteiger partial charge in [-0.05, 0) is 71.3 Å². The smallest absolute Gasteiger partial charge is 0.350 e. The molecule has 52 heavy (non-hydrogen) atoms. The number of amides is 1. The van der Waals surface area contributed by atoms with E-state index < -0.39 is 11.8 Å². The normalized spacial score (nSPS) is 31.5. The van der Waals surface area contributed by atoms with Crippen molar-refractivity contribution in [2.45, 2.75) is 203 Å². The van der Waals surface area contributed by atoms with E-state index in [9.17, 15) is 14.7 Å². The number of nitrogens with two attached hydrogens (primary N) is 1. The number of rotatable bonds is 22. The number of aliphatic hydroxyl groups is 1. The average molecular weight is 731 g/mol. The van der Waals surface area contributed by atoms with Crippen LogP contribution in [-0.2, 0) is 23.8 Å². The van der Waals surface area contributed by atoms with E-state index in [2.05, 4.69) is 46.5 Å². The van der Waals surface area contributed by atoms with Crippen molar-refractivity contribution in [2.75, 3.05) is 19.7 Å². The number of hydrogen-bond donors (Lipinski definition) is 5. The third-order valence-corrected chi connectivity index (χ3v) is 12.2. The summed E-state index contributed by atoms with van der Waals surface area (Å²) in [6.07, 6.45) is 27.6. The summed E-state index contributed by atoms with van der Waals surface area (Å²) in [4.78, 5) is 25.8. The molecular weight excluding hydrogens is 658 g/mol. The molecule has 1 unspecified atom stereocenters. The molecule has 0 radical (unpaired) electrons. The number of guanidine groups is 1. The van der Waals surface area contributed by atoms with E-state index in [4.69, 9.17) is 19.9 Å². The van der Waals surface area contributed by atoms with Crippen LogP contribution in [-0.4, -0.2) is 89.1 Å². The van der Waals surface area contributed by atoms with Crippen LogP contribution >= 0.6 is 0 Å². The number of carbonyl (C=O) groups excluding carboxylic acids is 2. The lowest BCUT2D eigenvalue weighted by molar-refractivity contribution is -0.608. The third-order valence-electron chi connectivity index (χ3n) is 12.2. The molecule has 2 spiro atoms. The van der Waals surface area contributed by atoms with Gasteiger partial charge in [0.15, 0.2) is 11.6 Å². The molecule has 5 aliphatic heterocycles. The van der Waals surface area contributed by atoms with Gasteiger partial charge in [0.2, 0.25) is 11.6 Å². The predicted molar refractivity (Wildman–Crippen MR) is 204 cm³/mol. The number of allylic oxidation sites excluding steroid dienone is 1. The lowest BCUT2D eigenvalue weighted by atomic mass is 9.80. The molecule has 3 saturated heterocycles. The Morgan fingerprint density at radius 1 is 0.962 bits per heavy atom. The van der Waals surface area contributed by atoms with Gasteiger partial charge in [-0.3, -0.25) is 14.2 Å². The van der Waals surface area contributed by atoms with Gasteiger partial charge in [0.1, 0.15) is 6.10 Å². The molecule has 6 N–H and O–H groups in total. The summed E-state index contributed by atoms with van der Waals surface area (Å²) in [6, 6.07) is 0.410. The van der Waals surface area contributed by atoms with E-state index in [1.165, 1.54) is 44.9 Å². The van der Waals surface area contributed by atoms with Gasteiger partial charge in [0.05, 0.1) is 30.9 Å². The fourth-order valence-electron chi connectivity index (χ4n) is 9.46. The minimum atomic E-state index is -0.900. The first kappa shape index (κ1) is 41.0. The zero-order chi connectivity index (χ0) is 36.8. The maximum Gasteiger partial charge on any atom is 0.350 e. The number of nitrogens with zero attached hydrogens (tertiary/aromatic N) is 1. The molecule has 11 nitrogen and oxygen atoms in total. The Kier molecular flexibility index (Phi) is 16.1. The maximum absolute atomic E-state index is 14.0. The molecule has 5 heterocycles. The molecule has 11 heteroatoms. The van der Waals surface area contributed by atoms with E-state index in [1.54, 1.807) is 0 Å². The van der Waals surface area contributed by atoms with Crippen LogP contribution in [0.3, 0.4) is 0 Å². The molecule has 1 amide bonds. The summed E-state index contributed by atoms with van der Waals surface area (Å²) in [5.41, 5.74) is 4.32. The summed E-state index contributed by atoms with van der Waals surface area (Å²) >= 11 is 0. The summed E-state index contributed by atoms with van der Waals surface area (Å²) in [5.74, 6) is 0.262. The quantitative estimate of drug-likeness (QED) is 0.0412. The Hall–Kier alpha value is -2.21. The van der Waals surface area contributed by atoms with Gasteiger partial charge >= 0.3 is 11.9 Å². The van der Waals surface area contributed by atoms with E-state index >= 15 is 0 Å². The van der Waals surface area contributed by atoms with Gasteiger partial charge in [-0.15, -0.1) is 0 Å². The van der Waals surface area contributed by atoms with Crippen molar-refractivity contribution in [2.24, 2.45) is 11.7 Å². The molecule has 0 aromatic heterocycles. The van der Waals surface area contributed by atoms with Gasteiger partial charge in [-0.2, -0.15) is 0 Å². The van der Waals surface area contributed by atoms with Crippen molar-refractivity contribution >= 4 is 17.8 Å². The van der Waals surface area contributed by atoms with Crippen LogP contribution in [0, 0.1) is 5.92 Å². The Bertz CT molecular complexity index is 1200. The third kappa shape index (κ3) is 10.9. The van der Waals surface area contributed by atoms with Gasteiger partial charge < -0.3 is 30.4 Å². The Morgan fingerprint density at radius 3 is 2.37 bits per heavy atom. The maximum atomic E-state index is 14.0. The number of ether oxygens (including phenoxy) is 3. The summed E-state index contributed by atoms with van der Waals surface area (Å²) in [7, 11) is 0. The van der Waals surface area contributed by atoms with Crippen LogP contribution in [0.1, 0.15) is 162 Å². The average Bonchev–Trinajstić information content (AvgIpc) is 3.72. The van der Waals surface area contributed by atoms with Gasteiger partial charge in [0.25, 0.3) is 0 Å². The lowest BCUT2D eigenvalue weighted by Crippen LogP contribution is -2.76. The van der Waals surface area contributed by atoms with Crippen molar-refractivity contribution in [3.05, 3.63) is 12.2 Å². The molecule has 296 valence electrons. The standard InChI is InChI=1S/C41H71N5O6/c1-3-4-20-33-24-26-40(52-33)30-32-22-23-34-36(41(25-17-19-31(2)51-41)45-39(44-40)46(32)34)38(49)50-29-16-14-12-10-8-6-5-7-9-11-13-15-21-35(47)37(48)43-28-18-27-42/h4,20,31-36,47H,3,5-19,21-30,42H2,1-2H3,(H2,43,44,45,48)/p+1/b20-4+/t31-,32+,33+,34-,35?,36-,40+,41-/m0/s1. The van der Waals surface area contributed by atoms with Crippen LogP contribution in [0.5, 0.6) is 0 Å². The summed E-state index contributed by atoms with van der Waals surface area (Å²) < 4.78 is 22.0. The zero-order valence-electron chi connectivity index (χ0n) is 32.5. The number of hydrogen-bond acceptors (Lipinski definition) is 9. The van der Waals surface area contributed by atoms with Crippen molar-refractivity contribution in [1.29, 1.82) is 0 Å². The molecule has 0 aliphatic carbocycles. The molecule has 8 atom stereocenters. The Morgan fingerprint density at radius 2 is 1.67 bits per heavy atom. The van der Waals surface area contributed by atoms with E-state index in [0.717, 1.165) is 102 Å².